The van der Waals surface area contributed by atoms with Crippen molar-refractivity contribution < 1.29 is 5.11 Å². The lowest BCUT2D eigenvalue weighted by atomic mass is 9.76. The fourth-order valence-electron chi connectivity index (χ4n) is 5.69. The van der Waals surface area contributed by atoms with Crippen molar-refractivity contribution in [2.24, 2.45) is 17.8 Å². The van der Waals surface area contributed by atoms with Crippen LogP contribution in [0.25, 0.3) is 20.8 Å². The predicted molar refractivity (Wildman–Crippen MR) is 137 cm³/mol. The zero-order valence-electron chi connectivity index (χ0n) is 20.0. The zero-order chi connectivity index (χ0) is 23.2. The second kappa shape index (κ2) is 9.04. The first-order chi connectivity index (χ1) is 16.6. The van der Waals surface area contributed by atoms with Gasteiger partial charge in [0.15, 0.2) is 0 Å². The Morgan fingerprint density at radius 3 is 2.65 bits per heavy atom. The smallest absolute Gasteiger partial charge is 0.224 e. The number of hydrogen-bond donors (Lipinski definition) is 3. The van der Waals surface area contributed by atoms with Gasteiger partial charge >= 0.3 is 0 Å². The van der Waals surface area contributed by atoms with Gasteiger partial charge in [0.25, 0.3) is 0 Å². The highest BCUT2D eigenvalue weighted by molar-refractivity contribution is 7.21. The lowest BCUT2D eigenvalue weighted by molar-refractivity contribution is 0.225. The van der Waals surface area contributed by atoms with Crippen LogP contribution in [-0.2, 0) is 0 Å². The van der Waals surface area contributed by atoms with Crippen LogP contribution in [0, 0.1) is 24.7 Å². The molecule has 6 rings (SSSR count). The van der Waals surface area contributed by atoms with Gasteiger partial charge in [-0.3, -0.25) is 4.98 Å². The molecule has 3 heterocycles. The fraction of sp³-hybridized carbons (Fsp3) is 0.615. The molecule has 3 fully saturated rings. The average molecular weight is 479 g/mol. The first-order valence-electron chi connectivity index (χ1n) is 12.8. The van der Waals surface area contributed by atoms with Crippen LogP contribution in [0.1, 0.15) is 69.2 Å². The molecule has 3 aromatic heterocycles. The van der Waals surface area contributed by atoms with Gasteiger partial charge in [-0.2, -0.15) is 4.98 Å². The number of aliphatic hydroxyl groups is 1. The van der Waals surface area contributed by atoms with E-state index in [1.54, 1.807) is 11.3 Å². The monoisotopic (exact) mass is 478 g/mol. The molecule has 0 amide bonds. The molecule has 0 aromatic carbocycles. The van der Waals surface area contributed by atoms with Gasteiger partial charge in [0.05, 0.1) is 21.7 Å². The van der Waals surface area contributed by atoms with Gasteiger partial charge < -0.3 is 15.7 Å². The summed E-state index contributed by atoms with van der Waals surface area (Å²) in [7, 11) is 0. The highest BCUT2D eigenvalue weighted by Crippen LogP contribution is 2.44. The molecule has 3 aromatic rings. The largest absolute Gasteiger partial charge is 0.396 e. The highest BCUT2D eigenvalue weighted by atomic mass is 32.1. The number of aromatic nitrogens is 4. The summed E-state index contributed by atoms with van der Waals surface area (Å²) in [6, 6.07) is 2.38. The number of rotatable bonds is 8. The van der Waals surface area contributed by atoms with Crippen molar-refractivity contribution in [2.45, 2.75) is 70.8 Å². The molecule has 7 nitrogen and oxygen atoms in total. The van der Waals surface area contributed by atoms with Crippen molar-refractivity contribution in [2.75, 3.05) is 23.8 Å². The van der Waals surface area contributed by atoms with Crippen molar-refractivity contribution in [3.05, 3.63) is 23.7 Å². The number of nitrogens with one attached hydrogen (secondary N) is 2. The van der Waals surface area contributed by atoms with Gasteiger partial charge in [0.2, 0.25) is 5.95 Å². The Balaban J connectivity index is 1.34. The fourth-order valence-corrected chi connectivity index (χ4v) is 6.75. The van der Waals surface area contributed by atoms with E-state index in [1.165, 1.54) is 30.4 Å². The molecule has 180 valence electrons. The molecule has 0 bridgehead atoms. The van der Waals surface area contributed by atoms with Crippen molar-refractivity contribution in [3.63, 3.8) is 0 Å². The van der Waals surface area contributed by atoms with Crippen molar-refractivity contribution in [1.29, 1.82) is 0 Å². The minimum absolute atomic E-state index is 0.259. The maximum absolute atomic E-state index is 9.62. The third-order valence-electron chi connectivity index (χ3n) is 7.76. The van der Waals surface area contributed by atoms with Crippen molar-refractivity contribution in [1.82, 2.24) is 19.9 Å². The second-order valence-corrected chi connectivity index (χ2v) is 11.7. The third-order valence-corrected chi connectivity index (χ3v) is 8.80. The molecule has 3 aliphatic rings. The Morgan fingerprint density at radius 1 is 1.06 bits per heavy atom. The van der Waals surface area contributed by atoms with Gasteiger partial charge in [-0.25, -0.2) is 9.97 Å². The van der Waals surface area contributed by atoms with E-state index in [-0.39, 0.29) is 6.61 Å². The van der Waals surface area contributed by atoms with Gasteiger partial charge in [-0.05, 0) is 75.7 Å². The van der Waals surface area contributed by atoms with E-state index < -0.39 is 0 Å². The quantitative estimate of drug-likeness (QED) is 0.401. The number of aryl methyl sites for hydroxylation is 1. The SMILES string of the molecule is Cc1nc(NCC2CC(C)C2)nc(NC2CCC(CO)C2)c1-c1nc2c(C3CC3)nccc2s1. The minimum Gasteiger partial charge on any atom is -0.396 e. The molecular weight excluding hydrogens is 444 g/mol. The van der Waals surface area contributed by atoms with Crippen LogP contribution in [0.3, 0.4) is 0 Å². The molecule has 3 saturated carbocycles. The molecule has 0 aliphatic heterocycles. The van der Waals surface area contributed by atoms with Crippen LogP contribution in [0.15, 0.2) is 12.3 Å². The summed E-state index contributed by atoms with van der Waals surface area (Å²) < 4.78 is 1.18. The van der Waals surface area contributed by atoms with Crippen LogP contribution in [0.4, 0.5) is 11.8 Å². The topological polar surface area (TPSA) is 95.9 Å². The van der Waals surface area contributed by atoms with Crippen molar-refractivity contribution >= 4 is 33.3 Å². The lowest BCUT2D eigenvalue weighted by Gasteiger charge is -2.32. The number of hydrogen-bond acceptors (Lipinski definition) is 8. The molecule has 2 unspecified atom stereocenters. The Kier molecular flexibility index (Phi) is 5.89. The molecule has 0 saturated heterocycles. The number of nitrogens with zero attached hydrogens (tertiary/aromatic N) is 4. The summed E-state index contributed by atoms with van der Waals surface area (Å²) in [6.07, 6.45) is 9.97. The summed E-state index contributed by atoms with van der Waals surface area (Å²) >= 11 is 1.71. The van der Waals surface area contributed by atoms with Gasteiger partial charge in [-0.15, -0.1) is 11.3 Å². The van der Waals surface area contributed by atoms with Crippen molar-refractivity contribution in [3.8, 4) is 10.6 Å². The normalized spacial score (nSPS) is 26.6. The molecule has 34 heavy (non-hydrogen) atoms. The lowest BCUT2D eigenvalue weighted by Crippen LogP contribution is -2.28. The average Bonchev–Trinajstić information content (AvgIpc) is 3.39. The van der Waals surface area contributed by atoms with Crippen LogP contribution in [-0.4, -0.2) is 44.2 Å². The molecule has 0 spiro atoms. The number of anilines is 2. The predicted octanol–water partition coefficient (Wildman–Crippen LogP) is 5.37. The molecule has 2 atom stereocenters. The Morgan fingerprint density at radius 2 is 1.91 bits per heavy atom. The molecule has 3 N–H and O–H groups in total. The van der Waals surface area contributed by atoms with E-state index >= 15 is 0 Å². The first-order valence-corrected chi connectivity index (χ1v) is 13.6. The second-order valence-electron chi connectivity index (χ2n) is 10.7. The summed E-state index contributed by atoms with van der Waals surface area (Å²) in [5.74, 6) is 4.04. The van der Waals surface area contributed by atoms with Gasteiger partial charge in [0.1, 0.15) is 16.3 Å². The van der Waals surface area contributed by atoms with Gasteiger partial charge in [-0.1, -0.05) is 6.92 Å². The van der Waals surface area contributed by atoms with E-state index in [2.05, 4.69) is 35.5 Å². The third kappa shape index (κ3) is 4.38. The molecule has 0 radical (unpaired) electrons. The van der Waals surface area contributed by atoms with E-state index in [0.717, 1.165) is 65.0 Å². The summed E-state index contributed by atoms with van der Waals surface area (Å²) in [5, 5.41) is 17.8. The first kappa shape index (κ1) is 22.2. The van der Waals surface area contributed by atoms with Crippen LogP contribution >= 0.6 is 11.3 Å². The minimum atomic E-state index is 0.259. The van der Waals surface area contributed by atoms with Gasteiger partial charge in [0, 0.05) is 31.3 Å². The number of aliphatic hydroxyl groups excluding tert-OH is 1. The maximum atomic E-state index is 9.62. The molecular formula is C26H34N6OS. The van der Waals surface area contributed by atoms with Crippen LogP contribution in [0.2, 0.25) is 0 Å². The summed E-state index contributed by atoms with van der Waals surface area (Å²) in [6.45, 7) is 5.57. The standard InChI is InChI=1S/C26H34N6OS/c1-14-9-17(10-14)12-28-26-29-15(2)21(24(32-26)30-19-6-3-16(11-19)13-33)25-31-23-20(34-25)7-8-27-22(23)18-4-5-18/h7-8,14,16-19,33H,3-6,9-13H2,1-2H3,(H2,28,29,30,32). The Labute approximate surface area is 204 Å². The number of pyridine rings is 1. The molecule has 8 heteroatoms. The molecule has 3 aliphatic carbocycles. The van der Waals surface area contributed by atoms with Crippen LogP contribution in [0.5, 0.6) is 0 Å². The van der Waals surface area contributed by atoms with E-state index in [0.29, 0.717) is 29.7 Å². The van der Waals surface area contributed by atoms with E-state index in [4.69, 9.17) is 15.0 Å². The summed E-state index contributed by atoms with van der Waals surface area (Å²) in [4.78, 5) is 19.6. The van der Waals surface area contributed by atoms with E-state index in [9.17, 15) is 5.11 Å². The Bertz CT molecular complexity index is 1190. The Hall–Kier alpha value is -2.32. The van der Waals surface area contributed by atoms with E-state index in [1.807, 2.05) is 6.20 Å². The maximum Gasteiger partial charge on any atom is 0.224 e. The zero-order valence-corrected chi connectivity index (χ0v) is 20.9. The number of thiazole rings is 1. The summed E-state index contributed by atoms with van der Waals surface area (Å²) in [5.41, 5.74) is 4.12. The highest BCUT2D eigenvalue weighted by Gasteiger charge is 2.30. The number of fused-ring (bicyclic) bond motifs is 1. The van der Waals surface area contributed by atoms with Crippen LogP contribution < -0.4 is 10.6 Å².